The van der Waals surface area contributed by atoms with Crippen molar-refractivity contribution >= 4 is 104 Å². The molecule has 0 unspecified atom stereocenters. The lowest BCUT2D eigenvalue weighted by atomic mass is 9.99. The number of fused-ring (bicyclic) bond motifs is 15. The van der Waals surface area contributed by atoms with Crippen LogP contribution in [-0.4, -0.2) is 28.2 Å². The van der Waals surface area contributed by atoms with Crippen LogP contribution in [0.4, 0.5) is 5.69 Å². The van der Waals surface area contributed by atoms with Crippen molar-refractivity contribution in [3.8, 4) is 90.0 Å². The minimum atomic E-state index is 0.556. The predicted octanol–water partition coefficient (Wildman–Crippen LogP) is 22.9. The maximum atomic E-state index is 8.11. The fraction of sp³-hybridized carbons (Fsp3) is 0. The minimum Gasteiger partial charge on any atom is -0.309 e. The highest BCUT2D eigenvalue weighted by atomic mass is 15.0. The molecule has 0 spiro atoms. The summed E-state index contributed by atoms with van der Waals surface area (Å²) in [4.78, 5) is 15.3. The van der Waals surface area contributed by atoms with E-state index >= 15 is 0 Å². The highest BCUT2D eigenvalue weighted by Crippen LogP contribution is 2.51. The Balaban J connectivity index is 0.810. The Morgan fingerprint density at radius 1 is 0.255 bits per heavy atom. The van der Waals surface area contributed by atoms with Crippen LogP contribution < -0.4 is 0 Å². The third-order valence-electron chi connectivity index (χ3n) is 19.6. The number of para-hydroxylation sites is 6. The Hall–Kier alpha value is -12.9. The average molecular weight is 1190 g/mol. The van der Waals surface area contributed by atoms with Crippen LogP contribution in [0.5, 0.6) is 0 Å². The zero-order chi connectivity index (χ0) is 61.7. The van der Waals surface area contributed by atoms with Gasteiger partial charge in [0.15, 0.2) is 11.5 Å². The van der Waals surface area contributed by atoms with Crippen molar-refractivity contribution in [1.82, 2.24) is 28.2 Å². The van der Waals surface area contributed by atoms with E-state index in [1.165, 1.54) is 43.6 Å². The van der Waals surface area contributed by atoms with Crippen molar-refractivity contribution in [2.24, 2.45) is 0 Å². The molecule has 1 aliphatic rings. The first-order valence-electron chi connectivity index (χ1n) is 31.9. The molecule has 434 valence electrons. The number of aromatic nitrogens is 6. The van der Waals surface area contributed by atoms with Gasteiger partial charge in [0, 0.05) is 82.5 Å². The number of nitrogens with zero attached hydrogens (tertiary/aromatic N) is 7. The number of benzene rings is 14. The summed E-state index contributed by atoms with van der Waals surface area (Å²) in [6.07, 6.45) is 0. The van der Waals surface area contributed by atoms with Crippen molar-refractivity contribution in [2.75, 3.05) is 0 Å². The molecule has 1 aliphatic carbocycles. The van der Waals surface area contributed by atoms with Crippen molar-refractivity contribution in [2.45, 2.75) is 0 Å². The molecule has 0 saturated carbocycles. The van der Waals surface area contributed by atoms with Crippen molar-refractivity contribution < 1.29 is 0 Å². The van der Waals surface area contributed by atoms with E-state index in [0.29, 0.717) is 11.5 Å². The highest BCUT2D eigenvalue weighted by Gasteiger charge is 2.30. The van der Waals surface area contributed by atoms with Gasteiger partial charge in [-0.1, -0.05) is 188 Å². The first-order chi connectivity index (χ1) is 46.6. The van der Waals surface area contributed by atoms with E-state index in [1.54, 1.807) is 0 Å². The third kappa shape index (κ3) is 7.65. The molecule has 7 nitrogen and oxygen atoms in total. The lowest BCUT2D eigenvalue weighted by Crippen LogP contribution is -2.02. The van der Waals surface area contributed by atoms with Gasteiger partial charge in [-0.2, -0.15) is 0 Å². The van der Waals surface area contributed by atoms with Crippen LogP contribution in [0.15, 0.2) is 309 Å². The maximum absolute atomic E-state index is 8.11. The van der Waals surface area contributed by atoms with Crippen LogP contribution in [0, 0.1) is 6.57 Å². The molecule has 7 heteroatoms. The van der Waals surface area contributed by atoms with Gasteiger partial charge < -0.3 is 18.3 Å². The normalized spacial score (nSPS) is 12.0. The fourth-order valence-electron chi connectivity index (χ4n) is 15.6. The van der Waals surface area contributed by atoms with E-state index < -0.39 is 0 Å². The van der Waals surface area contributed by atoms with Gasteiger partial charge in [-0.15, -0.1) is 0 Å². The Bertz CT molecular complexity index is 6190. The summed E-state index contributed by atoms with van der Waals surface area (Å²) in [6, 6.07) is 112. The van der Waals surface area contributed by atoms with Gasteiger partial charge in [0.2, 0.25) is 0 Å². The van der Waals surface area contributed by atoms with Crippen LogP contribution in [0.25, 0.3) is 193 Å². The van der Waals surface area contributed by atoms with Crippen LogP contribution in [-0.2, 0) is 0 Å². The Labute approximate surface area is 539 Å². The largest absolute Gasteiger partial charge is 0.309 e. The second kappa shape index (κ2) is 20.1. The number of rotatable bonds is 8. The summed E-state index contributed by atoms with van der Waals surface area (Å²) in [7, 11) is 0. The molecule has 14 aromatic carbocycles. The molecule has 19 aromatic rings. The van der Waals surface area contributed by atoms with Gasteiger partial charge in [0.25, 0.3) is 0 Å². The van der Waals surface area contributed by atoms with Gasteiger partial charge in [-0.05, 0) is 165 Å². The fourth-order valence-corrected chi connectivity index (χ4v) is 15.6. The van der Waals surface area contributed by atoms with Gasteiger partial charge in [-0.25, -0.2) is 14.8 Å². The third-order valence-corrected chi connectivity index (χ3v) is 19.6. The van der Waals surface area contributed by atoms with Gasteiger partial charge in [0.1, 0.15) is 0 Å². The molecule has 0 atom stereocenters. The molecule has 0 fully saturated rings. The average Bonchev–Trinajstić information content (AvgIpc) is 1.58. The predicted molar refractivity (Wildman–Crippen MR) is 389 cm³/mol. The Morgan fingerprint density at radius 2 is 0.638 bits per heavy atom. The summed E-state index contributed by atoms with van der Waals surface area (Å²) in [5, 5.41) is 11.8. The molecule has 94 heavy (non-hydrogen) atoms. The lowest BCUT2D eigenvalue weighted by Gasteiger charge is -2.17. The zero-order valence-electron chi connectivity index (χ0n) is 50.6. The second-order valence-corrected chi connectivity index (χ2v) is 24.7. The first kappa shape index (κ1) is 51.9. The van der Waals surface area contributed by atoms with Gasteiger partial charge in [-0.3, -0.25) is 0 Å². The molecular weight excluding hydrogens is 1140 g/mol. The van der Waals surface area contributed by atoms with E-state index in [0.717, 1.165) is 139 Å². The molecule has 0 saturated heterocycles. The molecule has 0 N–H and O–H groups in total. The number of hydrogen-bond acceptors (Lipinski definition) is 2. The molecule has 0 bridgehead atoms. The molecule has 20 rings (SSSR count). The van der Waals surface area contributed by atoms with E-state index in [2.05, 4.69) is 314 Å². The summed E-state index contributed by atoms with van der Waals surface area (Å²) in [6.45, 7) is 8.11. The molecule has 0 aliphatic heterocycles. The monoisotopic (exact) mass is 1190 g/mol. The Kier molecular flexibility index (Phi) is 11.1. The van der Waals surface area contributed by atoms with Crippen LogP contribution >= 0.6 is 0 Å². The summed E-state index contributed by atoms with van der Waals surface area (Å²) < 4.78 is 9.61. The lowest BCUT2D eigenvalue weighted by molar-refractivity contribution is 1.12. The minimum absolute atomic E-state index is 0.556. The summed E-state index contributed by atoms with van der Waals surface area (Å²) in [5.41, 5.74) is 25.0. The quantitative estimate of drug-likeness (QED) is 0.142. The van der Waals surface area contributed by atoms with Gasteiger partial charge in [0.05, 0.1) is 62.1 Å². The second-order valence-electron chi connectivity index (χ2n) is 24.7. The van der Waals surface area contributed by atoms with Crippen molar-refractivity contribution in [1.29, 1.82) is 0 Å². The smallest absolute Gasteiger partial charge is 0.187 e. The van der Waals surface area contributed by atoms with E-state index in [4.69, 9.17) is 16.5 Å². The van der Waals surface area contributed by atoms with Crippen molar-refractivity contribution in [3.63, 3.8) is 0 Å². The molecule has 0 radical (unpaired) electrons. The van der Waals surface area contributed by atoms with Crippen LogP contribution in [0.3, 0.4) is 0 Å². The standard InChI is InChI=1S/C87H51N7/c1-88-60-22-16-21-58(45-60)85-84-69-31-17-19-53-20-18-32-70(83(53)69)86(84)90-87(89-85)59-46-63(93-77-35-14-10-29-67(77)73-50-56(39-43-81(73)93)54-37-41-79-71(48-54)65-27-8-12-33-75(65)91(79)61-23-4-2-5-24-61)52-64(47-59)94-78-36-15-11-30-68(78)74-51-57(40-44-82(74)94)55-38-42-80-72(49-55)66-28-9-13-34-76(66)92(80)62-25-6-3-7-26-62/h2-52H. The SMILES string of the molecule is [C-]#[N+]c1cccc(-c2nc(-c3cc(-n4c5ccccc5c5cc(-c6ccc7c(c6)c6ccccc6n7-c6ccccc6)ccc54)cc(-n4c5ccccc5c5cc(-c6ccc7c(c6)c6ccccc6n7-c6ccccc6)ccc54)c3)nc3c2-c2cccc4cccc-3c24)c1. The van der Waals surface area contributed by atoms with Gasteiger partial charge >= 0.3 is 0 Å². The van der Waals surface area contributed by atoms with Crippen LogP contribution in [0.2, 0.25) is 0 Å². The molecule has 0 amide bonds. The summed E-state index contributed by atoms with van der Waals surface area (Å²) in [5.74, 6) is 0.592. The van der Waals surface area contributed by atoms with E-state index in [1.807, 2.05) is 18.2 Å². The summed E-state index contributed by atoms with van der Waals surface area (Å²) >= 11 is 0. The van der Waals surface area contributed by atoms with E-state index in [9.17, 15) is 0 Å². The maximum Gasteiger partial charge on any atom is 0.187 e. The Morgan fingerprint density at radius 3 is 1.09 bits per heavy atom. The molecular formula is C87H51N7. The zero-order valence-corrected chi connectivity index (χ0v) is 50.6. The number of hydrogen-bond donors (Lipinski definition) is 0. The first-order valence-corrected chi connectivity index (χ1v) is 31.9. The topological polar surface area (TPSA) is 49.9 Å². The van der Waals surface area contributed by atoms with Crippen molar-refractivity contribution in [3.05, 3.63) is 321 Å². The van der Waals surface area contributed by atoms with E-state index in [-0.39, 0.29) is 0 Å². The highest BCUT2D eigenvalue weighted by molar-refractivity contribution is 6.18. The molecule has 5 heterocycles. The van der Waals surface area contributed by atoms with Crippen LogP contribution in [0.1, 0.15) is 0 Å². The molecule has 5 aromatic heterocycles.